The molecule has 0 unspecified atom stereocenters. The fourth-order valence-electron chi connectivity index (χ4n) is 2.88. The number of nitrogens with two attached hydrogens (primary N) is 1. The molecule has 2 aromatic heterocycles. The quantitative estimate of drug-likeness (QED) is 0.455. The number of hydrogen-bond donors (Lipinski definition) is 1. The Balaban J connectivity index is 1.99. The average molecular weight is 377 g/mol. The Labute approximate surface area is 152 Å². The molecule has 1 aliphatic rings. The highest BCUT2D eigenvalue weighted by Crippen LogP contribution is 2.40. The van der Waals surface area contributed by atoms with Crippen molar-refractivity contribution in [2.45, 2.75) is 38.2 Å². The van der Waals surface area contributed by atoms with Crippen LogP contribution < -0.4 is 5.73 Å². The molecule has 2 N–H and O–H groups in total. The summed E-state index contributed by atoms with van der Waals surface area (Å²) >= 11 is 0. The lowest BCUT2D eigenvalue weighted by molar-refractivity contribution is -0.164. The number of carbonyl (C=O) groups excluding carboxylic acids is 2. The molecule has 0 saturated carbocycles. The average Bonchev–Trinajstić information content (AvgIpc) is 3.14. The maximum atomic E-state index is 13.6. The normalized spacial score (nSPS) is 24.5. The predicted octanol–water partition coefficient (Wildman–Crippen LogP) is 0.333. The topological polar surface area (TPSA) is 131 Å². The second kappa shape index (κ2) is 6.81. The van der Waals surface area contributed by atoms with Gasteiger partial charge in [0.2, 0.25) is 5.60 Å². The molecule has 0 amide bonds. The third-order valence-corrected chi connectivity index (χ3v) is 4.06. The minimum atomic E-state index is -1.52. The lowest BCUT2D eigenvalue weighted by atomic mass is 9.98. The molecule has 142 valence electrons. The van der Waals surface area contributed by atoms with Gasteiger partial charge >= 0.3 is 18.0 Å². The largest absolute Gasteiger partial charge is 0.462 e. The summed E-state index contributed by atoms with van der Waals surface area (Å²) in [6, 6.07) is 0. The molecule has 0 spiro atoms. The van der Waals surface area contributed by atoms with Crippen molar-refractivity contribution < 1.29 is 28.2 Å². The number of nitrogen functional groups attached to an aromatic ring is 1. The number of anilines is 1. The van der Waals surface area contributed by atoms with E-state index in [4.69, 9.17) is 26.4 Å². The van der Waals surface area contributed by atoms with Crippen LogP contribution in [0.15, 0.2) is 6.33 Å². The van der Waals surface area contributed by atoms with Gasteiger partial charge in [0.1, 0.15) is 18.9 Å². The number of esters is 2. The number of fused-ring (bicyclic) bond motifs is 1. The molecule has 11 heteroatoms. The smallest absolute Gasteiger partial charge is 0.312 e. The third kappa shape index (κ3) is 3.39. The number of nitrogens with zero attached hydrogens (tertiary/aromatic N) is 4. The minimum Gasteiger partial charge on any atom is -0.462 e. The summed E-state index contributed by atoms with van der Waals surface area (Å²) in [4.78, 5) is 33.8. The minimum absolute atomic E-state index is 0.0897. The van der Waals surface area contributed by atoms with E-state index < -0.39 is 35.9 Å². The fourth-order valence-corrected chi connectivity index (χ4v) is 2.88. The molecule has 3 heterocycles. The summed E-state index contributed by atoms with van der Waals surface area (Å²) in [5, 5.41) is 0. The van der Waals surface area contributed by atoms with Crippen molar-refractivity contribution in [3.8, 4) is 12.3 Å². The van der Waals surface area contributed by atoms with Crippen molar-refractivity contribution in [3.63, 3.8) is 0 Å². The van der Waals surface area contributed by atoms with Crippen LogP contribution in [0.3, 0.4) is 0 Å². The Morgan fingerprint density at radius 3 is 2.85 bits per heavy atom. The van der Waals surface area contributed by atoms with Crippen LogP contribution in [0.25, 0.3) is 11.2 Å². The van der Waals surface area contributed by atoms with E-state index in [1.165, 1.54) is 24.7 Å². The number of aromatic nitrogens is 4. The second-order valence-corrected chi connectivity index (χ2v) is 5.92. The molecule has 0 aliphatic carbocycles. The molecule has 1 aliphatic heterocycles. The summed E-state index contributed by atoms with van der Waals surface area (Å²) in [5.41, 5.74) is 4.41. The van der Waals surface area contributed by atoms with E-state index in [1.54, 1.807) is 0 Å². The number of terminal acetylenes is 1. The lowest BCUT2D eigenvalue weighted by Crippen LogP contribution is -2.45. The molecule has 3 rings (SSSR count). The summed E-state index contributed by atoms with van der Waals surface area (Å²) in [6.45, 7) is 2.10. The van der Waals surface area contributed by atoms with Gasteiger partial charge in [-0.1, -0.05) is 5.92 Å². The Kier molecular flexibility index (Phi) is 4.67. The summed E-state index contributed by atoms with van der Waals surface area (Å²) in [6.07, 6.45) is 4.29. The first-order chi connectivity index (χ1) is 12.8. The van der Waals surface area contributed by atoms with Gasteiger partial charge in [-0.2, -0.15) is 14.4 Å². The van der Waals surface area contributed by atoms with E-state index in [1.807, 2.05) is 0 Å². The number of hydrogen-bond acceptors (Lipinski definition) is 9. The molecule has 1 fully saturated rings. The number of ether oxygens (including phenoxy) is 3. The van der Waals surface area contributed by atoms with Gasteiger partial charge in [0.25, 0.3) is 0 Å². The maximum absolute atomic E-state index is 13.6. The van der Waals surface area contributed by atoms with Gasteiger partial charge in [-0.3, -0.25) is 14.2 Å². The third-order valence-electron chi connectivity index (χ3n) is 4.06. The van der Waals surface area contributed by atoms with Gasteiger partial charge in [-0.05, 0) is 0 Å². The highest BCUT2D eigenvalue weighted by atomic mass is 19.1. The van der Waals surface area contributed by atoms with Gasteiger partial charge in [-0.25, -0.2) is 4.98 Å². The summed E-state index contributed by atoms with van der Waals surface area (Å²) in [7, 11) is 0. The van der Waals surface area contributed by atoms with E-state index in [0.717, 1.165) is 0 Å². The molecule has 2 aromatic rings. The molecular formula is C16H16FN5O5. The van der Waals surface area contributed by atoms with Gasteiger partial charge in [0.05, 0.1) is 6.33 Å². The van der Waals surface area contributed by atoms with E-state index in [2.05, 4.69) is 20.9 Å². The van der Waals surface area contributed by atoms with Crippen LogP contribution in [0.1, 0.15) is 26.5 Å². The van der Waals surface area contributed by atoms with Crippen LogP contribution in [0.4, 0.5) is 10.2 Å². The summed E-state index contributed by atoms with van der Waals surface area (Å²) < 4.78 is 31.2. The molecular weight excluding hydrogens is 361 g/mol. The van der Waals surface area contributed by atoms with E-state index in [0.29, 0.717) is 0 Å². The van der Waals surface area contributed by atoms with Crippen LogP contribution in [0.2, 0.25) is 0 Å². The first-order valence-corrected chi connectivity index (χ1v) is 7.87. The zero-order valence-electron chi connectivity index (χ0n) is 14.5. The highest BCUT2D eigenvalue weighted by Gasteiger charge is 2.52. The Morgan fingerprint density at radius 1 is 1.48 bits per heavy atom. The van der Waals surface area contributed by atoms with Crippen molar-refractivity contribution >= 4 is 28.9 Å². The Bertz CT molecular complexity index is 955. The van der Waals surface area contributed by atoms with E-state index in [9.17, 15) is 14.0 Å². The molecule has 27 heavy (non-hydrogen) atoms. The number of rotatable bonds is 4. The van der Waals surface area contributed by atoms with Crippen molar-refractivity contribution in [1.29, 1.82) is 0 Å². The van der Waals surface area contributed by atoms with E-state index in [-0.39, 0.29) is 30.0 Å². The first-order valence-electron chi connectivity index (χ1n) is 7.87. The standard InChI is InChI=1S/C16H16FN5O5/c1-4-16(6-25-8(2)23)10(26-9(3)24)5-11(27-16)22-7-19-12-13(18)20-15(17)21-14(12)22/h1,7,10-11H,5-6H2,2-3H3,(H2,18,20,21)/t10-,11+,16+/m0/s1. The maximum Gasteiger partial charge on any atom is 0.312 e. The van der Waals surface area contributed by atoms with Crippen molar-refractivity contribution in [1.82, 2.24) is 19.5 Å². The molecule has 3 atom stereocenters. The van der Waals surface area contributed by atoms with Crippen molar-refractivity contribution in [2.75, 3.05) is 12.3 Å². The Morgan fingerprint density at radius 2 is 2.22 bits per heavy atom. The monoisotopic (exact) mass is 377 g/mol. The molecule has 0 aromatic carbocycles. The van der Waals surface area contributed by atoms with Gasteiger partial charge in [0, 0.05) is 20.3 Å². The summed E-state index contributed by atoms with van der Waals surface area (Å²) in [5.74, 6) is 1.12. The molecule has 10 nitrogen and oxygen atoms in total. The van der Waals surface area contributed by atoms with Crippen LogP contribution in [0, 0.1) is 18.4 Å². The van der Waals surface area contributed by atoms with Gasteiger partial charge in [-0.15, -0.1) is 6.42 Å². The first kappa shape index (κ1) is 18.5. The SMILES string of the molecule is C#C[C@]1(COC(C)=O)O[C@@H](n2cnc3c(N)nc(F)nc32)C[C@@H]1OC(C)=O. The molecule has 0 bridgehead atoms. The van der Waals surface area contributed by atoms with Crippen molar-refractivity contribution in [2.24, 2.45) is 0 Å². The second-order valence-electron chi connectivity index (χ2n) is 5.92. The van der Waals surface area contributed by atoms with Crippen LogP contribution in [-0.4, -0.2) is 49.8 Å². The van der Waals surface area contributed by atoms with Crippen LogP contribution in [-0.2, 0) is 23.8 Å². The zero-order chi connectivity index (χ0) is 19.8. The molecule has 0 radical (unpaired) electrons. The number of halogens is 1. The highest BCUT2D eigenvalue weighted by molar-refractivity contribution is 5.81. The Hall–Kier alpha value is -3.26. The molecule has 1 saturated heterocycles. The predicted molar refractivity (Wildman–Crippen MR) is 88.2 cm³/mol. The fraction of sp³-hybridized carbons (Fsp3) is 0.438. The zero-order valence-corrected chi connectivity index (χ0v) is 14.5. The number of carbonyl (C=O) groups is 2. The van der Waals surface area contributed by atoms with E-state index >= 15 is 0 Å². The van der Waals surface area contributed by atoms with Gasteiger partial charge in [0.15, 0.2) is 17.0 Å². The van der Waals surface area contributed by atoms with Crippen molar-refractivity contribution in [3.05, 3.63) is 12.4 Å². The van der Waals surface area contributed by atoms with Crippen LogP contribution in [0.5, 0.6) is 0 Å². The van der Waals surface area contributed by atoms with Gasteiger partial charge < -0.3 is 19.9 Å². The van der Waals surface area contributed by atoms with Crippen LogP contribution >= 0.6 is 0 Å². The lowest BCUT2D eigenvalue weighted by Gasteiger charge is -2.28. The number of imidazole rings is 1.